The third-order valence-corrected chi connectivity index (χ3v) is 7.31. The maximum Gasteiger partial charge on any atom is 0.352 e. The second kappa shape index (κ2) is 9.81. The number of anilines is 1. The van der Waals surface area contributed by atoms with E-state index in [2.05, 4.69) is 0 Å². The van der Waals surface area contributed by atoms with Gasteiger partial charge in [-0.15, -0.1) is 0 Å². The summed E-state index contributed by atoms with van der Waals surface area (Å²) < 4.78 is 82.4. The zero-order chi connectivity index (χ0) is 27.1. The molecule has 3 aromatic carbocycles. The highest BCUT2D eigenvalue weighted by atomic mass is 35.5. The average Bonchev–Trinajstić information content (AvgIpc) is 3.01. The van der Waals surface area contributed by atoms with Crippen LogP contribution in [0, 0.1) is 11.6 Å². The van der Waals surface area contributed by atoms with Crippen LogP contribution in [0.4, 0.5) is 23.2 Å². The molecule has 37 heavy (non-hydrogen) atoms. The van der Waals surface area contributed by atoms with E-state index < -0.39 is 49.9 Å². The maximum atomic E-state index is 14.8. The van der Waals surface area contributed by atoms with Crippen LogP contribution in [0.2, 0.25) is 10.0 Å². The number of sulfonamides is 1. The second-order valence-electron chi connectivity index (χ2n) is 7.82. The summed E-state index contributed by atoms with van der Waals surface area (Å²) in [7, 11) is -4.57. The molecule has 1 aliphatic heterocycles. The van der Waals surface area contributed by atoms with E-state index in [-0.39, 0.29) is 22.8 Å². The molecule has 1 N–H and O–H groups in total. The molecular weight excluding hydrogens is 559 g/mol. The molecule has 2 amide bonds. The molecular formula is C24H14Cl2F4N2O4S. The van der Waals surface area contributed by atoms with E-state index in [0.717, 1.165) is 29.2 Å². The van der Waals surface area contributed by atoms with Crippen LogP contribution in [-0.2, 0) is 32.1 Å². The van der Waals surface area contributed by atoms with E-state index in [1.54, 1.807) is 4.72 Å². The molecule has 192 valence electrons. The molecule has 0 radical (unpaired) electrons. The average molecular weight is 573 g/mol. The molecule has 0 fully saturated rings. The Kier molecular flexibility index (Phi) is 7.06. The Morgan fingerprint density at radius 3 is 2.43 bits per heavy atom. The van der Waals surface area contributed by atoms with Gasteiger partial charge >= 0.3 is 11.8 Å². The van der Waals surface area contributed by atoms with Gasteiger partial charge < -0.3 is 4.90 Å². The maximum absolute atomic E-state index is 14.8. The van der Waals surface area contributed by atoms with Crippen molar-refractivity contribution in [3.05, 3.63) is 99.0 Å². The van der Waals surface area contributed by atoms with E-state index in [4.69, 9.17) is 23.2 Å². The van der Waals surface area contributed by atoms with Crippen molar-refractivity contribution in [2.75, 3.05) is 4.90 Å². The van der Waals surface area contributed by atoms with Crippen molar-refractivity contribution in [2.24, 2.45) is 0 Å². The van der Waals surface area contributed by atoms with Crippen LogP contribution < -0.4 is 9.62 Å². The number of hydrogen-bond acceptors (Lipinski definition) is 4. The predicted octanol–water partition coefficient (Wildman–Crippen LogP) is 5.43. The van der Waals surface area contributed by atoms with Gasteiger partial charge in [0.05, 0.1) is 22.7 Å². The lowest BCUT2D eigenvalue weighted by Crippen LogP contribution is -2.34. The van der Waals surface area contributed by atoms with E-state index in [9.17, 15) is 35.6 Å². The number of nitrogens with zero attached hydrogens (tertiary/aromatic N) is 1. The minimum atomic E-state index is -4.57. The van der Waals surface area contributed by atoms with Crippen LogP contribution in [0.3, 0.4) is 0 Å². The van der Waals surface area contributed by atoms with E-state index in [1.165, 1.54) is 30.3 Å². The summed E-state index contributed by atoms with van der Waals surface area (Å²) in [5.41, 5.74) is -0.471. The summed E-state index contributed by atoms with van der Waals surface area (Å²) in [4.78, 5) is 25.0. The highest BCUT2D eigenvalue weighted by Crippen LogP contribution is 2.47. The molecule has 1 aliphatic rings. The fraction of sp³-hybridized carbons (Fsp3) is 0.0833. The first-order valence-corrected chi connectivity index (χ1v) is 12.5. The van der Waals surface area contributed by atoms with Crippen molar-refractivity contribution < 1.29 is 35.6 Å². The number of para-hydroxylation sites is 1. The van der Waals surface area contributed by atoms with Crippen molar-refractivity contribution in [2.45, 2.75) is 17.4 Å². The second-order valence-corrected chi connectivity index (χ2v) is 10.3. The number of carbonyl (C=O) groups excluding carboxylic acids is 2. The Hall–Kier alpha value is -3.41. The Morgan fingerprint density at radius 2 is 1.76 bits per heavy atom. The summed E-state index contributed by atoms with van der Waals surface area (Å²) in [5, 5.41) is 0.451. The summed E-state index contributed by atoms with van der Waals surface area (Å²) in [6.07, 6.45) is 1.78. The minimum absolute atomic E-state index is 0.00786. The van der Waals surface area contributed by atoms with Crippen LogP contribution in [0.1, 0.15) is 16.7 Å². The Morgan fingerprint density at radius 1 is 1.03 bits per heavy atom. The van der Waals surface area contributed by atoms with Crippen LogP contribution in [0.25, 0.3) is 6.08 Å². The van der Waals surface area contributed by atoms with Gasteiger partial charge in [-0.05, 0) is 47.5 Å². The standard InChI is InChI=1S/C24H14Cl2F4N2O4S/c25-15-6-4-14(18(26)10-15)12-32-22-13(2-1-3-17(22)24(29,30)23(32)34)5-9-21(33)31-37(35,36)16-7-8-19(27)20(28)11-16/h1-11H,12H2,(H,31,33)/b9-5+. The molecule has 0 saturated carbocycles. The highest BCUT2D eigenvalue weighted by molar-refractivity contribution is 7.90. The predicted molar refractivity (Wildman–Crippen MR) is 129 cm³/mol. The van der Waals surface area contributed by atoms with Crippen molar-refractivity contribution in [1.82, 2.24) is 4.72 Å². The van der Waals surface area contributed by atoms with E-state index in [0.29, 0.717) is 22.7 Å². The highest BCUT2D eigenvalue weighted by Gasteiger charge is 2.53. The van der Waals surface area contributed by atoms with Crippen molar-refractivity contribution >= 4 is 56.8 Å². The lowest BCUT2D eigenvalue weighted by Gasteiger charge is -2.20. The van der Waals surface area contributed by atoms with Crippen molar-refractivity contribution in [3.63, 3.8) is 0 Å². The van der Waals surface area contributed by atoms with Crippen LogP contribution in [-0.4, -0.2) is 20.2 Å². The van der Waals surface area contributed by atoms with Gasteiger partial charge in [0, 0.05) is 16.1 Å². The molecule has 4 rings (SSSR count). The van der Waals surface area contributed by atoms with Gasteiger partial charge in [-0.2, -0.15) is 8.78 Å². The van der Waals surface area contributed by atoms with Gasteiger partial charge in [0.15, 0.2) is 11.6 Å². The fourth-order valence-electron chi connectivity index (χ4n) is 3.64. The normalized spacial score (nSPS) is 14.8. The summed E-state index contributed by atoms with van der Waals surface area (Å²) in [6.45, 7) is -0.334. The topological polar surface area (TPSA) is 83.6 Å². The smallest absolute Gasteiger partial charge is 0.301 e. The third-order valence-electron chi connectivity index (χ3n) is 5.38. The Balaban J connectivity index is 1.64. The number of nitrogens with one attached hydrogen (secondary N) is 1. The number of fused-ring (bicyclic) bond motifs is 1. The van der Waals surface area contributed by atoms with Gasteiger partial charge in [-0.3, -0.25) is 9.59 Å². The molecule has 0 bridgehead atoms. The van der Waals surface area contributed by atoms with Gasteiger partial charge in [0.2, 0.25) is 0 Å². The molecule has 0 aromatic heterocycles. The van der Waals surface area contributed by atoms with Crippen LogP contribution >= 0.6 is 23.2 Å². The van der Waals surface area contributed by atoms with E-state index in [1.807, 2.05) is 0 Å². The molecule has 1 heterocycles. The number of rotatable bonds is 6. The largest absolute Gasteiger partial charge is 0.352 e. The number of amides is 2. The summed E-state index contributed by atoms with van der Waals surface area (Å²) in [6, 6.07) is 9.72. The lowest BCUT2D eigenvalue weighted by atomic mass is 10.0. The summed E-state index contributed by atoms with van der Waals surface area (Å²) >= 11 is 12.0. The zero-order valence-corrected chi connectivity index (χ0v) is 20.6. The van der Waals surface area contributed by atoms with Crippen LogP contribution in [0.5, 0.6) is 0 Å². The minimum Gasteiger partial charge on any atom is -0.301 e. The number of hydrogen-bond donors (Lipinski definition) is 1. The number of halogens is 6. The number of carbonyl (C=O) groups is 2. The van der Waals surface area contributed by atoms with Gasteiger partial charge in [0.25, 0.3) is 15.9 Å². The fourth-order valence-corrected chi connectivity index (χ4v) is 5.07. The summed E-state index contributed by atoms with van der Waals surface area (Å²) in [5.74, 6) is -9.29. The van der Waals surface area contributed by atoms with Gasteiger partial charge in [-0.1, -0.05) is 47.5 Å². The quantitative estimate of drug-likeness (QED) is 0.315. The monoisotopic (exact) mass is 572 g/mol. The first kappa shape index (κ1) is 26.6. The van der Waals surface area contributed by atoms with Crippen molar-refractivity contribution in [3.8, 4) is 0 Å². The van der Waals surface area contributed by atoms with Crippen molar-refractivity contribution in [1.29, 1.82) is 0 Å². The molecule has 0 spiro atoms. The molecule has 3 aromatic rings. The Labute approximate surface area is 218 Å². The molecule has 0 atom stereocenters. The van der Waals surface area contributed by atoms with Gasteiger partial charge in [-0.25, -0.2) is 21.9 Å². The lowest BCUT2D eigenvalue weighted by molar-refractivity contribution is -0.141. The first-order valence-electron chi connectivity index (χ1n) is 10.3. The molecule has 13 heteroatoms. The van der Waals surface area contributed by atoms with E-state index >= 15 is 0 Å². The van der Waals surface area contributed by atoms with Gasteiger partial charge in [0.1, 0.15) is 0 Å². The van der Waals surface area contributed by atoms with Crippen LogP contribution in [0.15, 0.2) is 65.6 Å². The third kappa shape index (κ3) is 5.20. The molecule has 0 unspecified atom stereocenters. The Bertz CT molecular complexity index is 1580. The zero-order valence-electron chi connectivity index (χ0n) is 18.3. The number of benzene rings is 3. The number of alkyl halides is 2. The molecule has 0 aliphatic carbocycles. The molecule has 0 saturated heterocycles. The molecule has 6 nitrogen and oxygen atoms in total. The first-order chi connectivity index (χ1) is 17.3. The SMILES string of the molecule is O=C(/C=C/c1cccc2c1N(Cc1ccc(Cl)cc1Cl)C(=O)C2(F)F)NS(=O)(=O)c1ccc(F)c(F)c1.